The number of benzene rings is 2. The monoisotopic (exact) mass is 325 g/mol. The Bertz CT molecular complexity index is 854. The van der Waals surface area contributed by atoms with Gasteiger partial charge in [0, 0.05) is 11.9 Å². The predicted octanol–water partition coefficient (Wildman–Crippen LogP) is 2.20. The molecule has 0 saturated heterocycles. The van der Waals surface area contributed by atoms with Crippen LogP contribution in [0.15, 0.2) is 58.3 Å². The predicted molar refractivity (Wildman–Crippen MR) is 81.5 cm³/mol. The second kappa shape index (κ2) is 5.50. The first kappa shape index (κ1) is 15.5. The molecule has 0 spiro atoms. The van der Waals surface area contributed by atoms with Crippen molar-refractivity contribution in [3.63, 3.8) is 0 Å². The van der Waals surface area contributed by atoms with Crippen LogP contribution in [0, 0.1) is 6.92 Å². The van der Waals surface area contributed by atoms with Gasteiger partial charge in [-0.25, -0.2) is 16.8 Å². The third-order valence-corrected chi connectivity index (χ3v) is 5.36. The van der Waals surface area contributed by atoms with E-state index in [9.17, 15) is 16.8 Å². The molecule has 0 aliphatic carbocycles. The Hall–Kier alpha value is -1.86. The third-order valence-electron chi connectivity index (χ3n) is 2.83. The van der Waals surface area contributed by atoms with Crippen molar-refractivity contribution in [1.82, 2.24) is 0 Å². The number of hydrogen-bond acceptors (Lipinski definition) is 4. The van der Waals surface area contributed by atoms with Gasteiger partial charge in [-0.1, -0.05) is 12.1 Å². The second-order valence-corrected chi connectivity index (χ2v) is 8.42. The van der Waals surface area contributed by atoms with Gasteiger partial charge >= 0.3 is 0 Å². The lowest BCUT2D eigenvalue weighted by Crippen LogP contribution is -2.13. The van der Waals surface area contributed by atoms with E-state index in [0.717, 1.165) is 11.8 Å². The van der Waals surface area contributed by atoms with Gasteiger partial charge in [0.05, 0.1) is 9.79 Å². The van der Waals surface area contributed by atoms with E-state index >= 15 is 0 Å². The molecule has 0 fully saturated rings. The Morgan fingerprint density at radius 3 is 1.95 bits per heavy atom. The number of aryl methyl sites for hydroxylation is 1. The lowest BCUT2D eigenvalue weighted by molar-refractivity contribution is 0.597. The molecule has 2 rings (SSSR count). The van der Waals surface area contributed by atoms with Crippen molar-refractivity contribution in [2.75, 3.05) is 11.0 Å². The van der Waals surface area contributed by atoms with Crippen LogP contribution in [0.3, 0.4) is 0 Å². The molecule has 21 heavy (non-hydrogen) atoms. The molecule has 0 bridgehead atoms. The zero-order valence-corrected chi connectivity index (χ0v) is 13.2. The molecule has 2 aromatic carbocycles. The maximum atomic E-state index is 12.2. The average Bonchev–Trinajstić information content (AvgIpc) is 2.37. The van der Waals surface area contributed by atoms with Crippen LogP contribution in [0.2, 0.25) is 0 Å². The molecule has 0 radical (unpaired) electrons. The quantitative estimate of drug-likeness (QED) is 0.934. The summed E-state index contributed by atoms with van der Waals surface area (Å²) in [5.74, 6) is 0. The number of hydrogen-bond donors (Lipinski definition) is 1. The van der Waals surface area contributed by atoms with Crippen molar-refractivity contribution in [3.05, 3.63) is 54.1 Å². The Balaban J connectivity index is 2.32. The Morgan fingerprint density at radius 1 is 0.857 bits per heavy atom. The standard InChI is InChI=1S/C14H15NO4S2/c1-11-4-3-5-12(10-11)15-21(18,19)14-8-6-13(7-9-14)20(2,16)17/h3-10,15H,1-2H3. The van der Waals surface area contributed by atoms with Crippen molar-refractivity contribution >= 4 is 25.5 Å². The van der Waals surface area contributed by atoms with Gasteiger partial charge in [-0.05, 0) is 48.9 Å². The molecular weight excluding hydrogens is 310 g/mol. The lowest BCUT2D eigenvalue weighted by atomic mass is 10.2. The first-order valence-electron chi connectivity index (χ1n) is 6.08. The van der Waals surface area contributed by atoms with E-state index in [2.05, 4.69) is 4.72 Å². The van der Waals surface area contributed by atoms with E-state index in [4.69, 9.17) is 0 Å². The highest BCUT2D eigenvalue weighted by Crippen LogP contribution is 2.18. The van der Waals surface area contributed by atoms with Crippen LogP contribution in [0.1, 0.15) is 5.56 Å². The number of anilines is 1. The zero-order chi connectivity index (χ0) is 15.7. The van der Waals surface area contributed by atoms with E-state index in [1.807, 2.05) is 13.0 Å². The van der Waals surface area contributed by atoms with Crippen LogP contribution in [-0.4, -0.2) is 23.1 Å². The van der Waals surface area contributed by atoms with Crippen LogP contribution in [0.25, 0.3) is 0 Å². The smallest absolute Gasteiger partial charge is 0.261 e. The van der Waals surface area contributed by atoms with E-state index in [1.165, 1.54) is 24.3 Å². The summed E-state index contributed by atoms with van der Waals surface area (Å²) in [6.45, 7) is 1.86. The maximum Gasteiger partial charge on any atom is 0.261 e. The van der Waals surface area contributed by atoms with Crippen molar-refractivity contribution in [2.24, 2.45) is 0 Å². The third kappa shape index (κ3) is 3.83. The molecule has 0 atom stereocenters. The van der Waals surface area contributed by atoms with Gasteiger partial charge in [-0.15, -0.1) is 0 Å². The van der Waals surface area contributed by atoms with Gasteiger partial charge in [-0.3, -0.25) is 4.72 Å². The van der Waals surface area contributed by atoms with E-state index in [0.29, 0.717) is 5.69 Å². The first-order valence-corrected chi connectivity index (χ1v) is 9.45. The summed E-state index contributed by atoms with van der Waals surface area (Å²) in [6.07, 6.45) is 1.07. The highest BCUT2D eigenvalue weighted by molar-refractivity contribution is 7.92. The largest absolute Gasteiger partial charge is 0.280 e. The highest BCUT2D eigenvalue weighted by atomic mass is 32.2. The Labute approximate surface area is 124 Å². The molecule has 5 nitrogen and oxygen atoms in total. The molecule has 0 heterocycles. The molecule has 0 amide bonds. The maximum absolute atomic E-state index is 12.2. The van der Waals surface area contributed by atoms with Crippen molar-refractivity contribution in [2.45, 2.75) is 16.7 Å². The summed E-state index contributed by atoms with van der Waals surface area (Å²) in [5.41, 5.74) is 1.39. The molecule has 0 aliphatic heterocycles. The van der Waals surface area contributed by atoms with E-state index < -0.39 is 19.9 Å². The minimum absolute atomic E-state index is 0.0106. The van der Waals surface area contributed by atoms with Gasteiger partial charge in [0.15, 0.2) is 9.84 Å². The highest BCUT2D eigenvalue weighted by Gasteiger charge is 2.15. The molecule has 112 valence electrons. The molecule has 2 aromatic rings. The molecule has 1 N–H and O–H groups in total. The molecule has 0 saturated carbocycles. The van der Waals surface area contributed by atoms with Gasteiger partial charge < -0.3 is 0 Å². The Kier molecular flexibility index (Phi) is 4.06. The topological polar surface area (TPSA) is 80.3 Å². The first-order chi connectivity index (χ1) is 9.68. The van der Waals surface area contributed by atoms with Gasteiger partial charge in [-0.2, -0.15) is 0 Å². The van der Waals surface area contributed by atoms with Crippen LogP contribution in [0.5, 0.6) is 0 Å². The average molecular weight is 325 g/mol. The summed E-state index contributed by atoms with van der Waals surface area (Å²) in [5, 5.41) is 0. The molecule has 0 unspecified atom stereocenters. The summed E-state index contributed by atoms with van der Waals surface area (Å²) in [4.78, 5) is 0.0911. The Morgan fingerprint density at radius 2 is 1.43 bits per heavy atom. The fraction of sp³-hybridized carbons (Fsp3) is 0.143. The van der Waals surface area contributed by atoms with Crippen molar-refractivity contribution in [3.8, 4) is 0 Å². The summed E-state index contributed by atoms with van der Waals surface area (Å²) in [6, 6.07) is 12.1. The number of rotatable bonds is 4. The summed E-state index contributed by atoms with van der Waals surface area (Å²) in [7, 11) is -7.08. The SMILES string of the molecule is Cc1cccc(NS(=O)(=O)c2ccc(S(C)(=O)=O)cc2)c1. The minimum atomic E-state index is -3.74. The number of sulfone groups is 1. The second-order valence-electron chi connectivity index (χ2n) is 4.72. The van der Waals surface area contributed by atoms with Gasteiger partial charge in [0.2, 0.25) is 0 Å². The van der Waals surface area contributed by atoms with Crippen LogP contribution < -0.4 is 4.72 Å². The van der Waals surface area contributed by atoms with Gasteiger partial charge in [0.25, 0.3) is 10.0 Å². The molecule has 0 aromatic heterocycles. The summed E-state index contributed by atoms with van der Waals surface area (Å²) < 4.78 is 49.6. The van der Waals surface area contributed by atoms with Crippen molar-refractivity contribution in [1.29, 1.82) is 0 Å². The summed E-state index contributed by atoms with van der Waals surface area (Å²) >= 11 is 0. The number of nitrogens with one attached hydrogen (secondary N) is 1. The molecule has 0 aliphatic rings. The van der Waals surface area contributed by atoms with Crippen LogP contribution in [0.4, 0.5) is 5.69 Å². The fourth-order valence-electron chi connectivity index (χ4n) is 1.79. The fourth-order valence-corrected chi connectivity index (χ4v) is 3.47. The normalized spacial score (nSPS) is 12.1. The van der Waals surface area contributed by atoms with Crippen LogP contribution >= 0.6 is 0 Å². The molecule has 7 heteroatoms. The van der Waals surface area contributed by atoms with E-state index in [-0.39, 0.29) is 9.79 Å². The number of sulfonamides is 1. The lowest BCUT2D eigenvalue weighted by Gasteiger charge is -2.09. The van der Waals surface area contributed by atoms with Gasteiger partial charge in [0.1, 0.15) is 0 Å². The van der Waals surface area contributed by atoms with E-state index in [1.54, 1.807) is 18.2 Å². The zero-order valence-electron chi connectivity index (χ0n) is 11.6. The van der Waals surface area contributed by atoms with Crippen LogP contribution in [-0.2, 0) is 19.9 Å². The molecular formula is C14H15NO4S2. The van der Waals surface area contributed by atoms with Crippen molar-refractivity contribution < 1.29 is 16.8 Å². The minimum Gasteiger partial charge on any atom is -0.280 e.